The first-order chi connectivity index (χ1) is 12.1. The highest BCUT2D eigenvalue weighted by Crippen LogP contribution is 2.27. The van der Waals surface area contributed by atoms with Crippen molar-refractivity contribution in [3.8, 4) is 0 Å². The minimum Gasteiger partial charge on any atom is -0.326 e. The van der Waals surface area contributed by atoms with Crippen LogP contribution in [0.25, 0.3) is 0 Å². The molecule has 2 rings (SSSR count). The second-order valence-corrected chi connectivity index (χ2v) is 8.94. The summed E-state index contributed by atoms with van der Waals surface area (Å²) >= 11 is 1.41. The molecule has 0 fully saturated rings. The van der Waals surface area contributed by atoms with Gasteiger partial charge in [0.2, 0.25) is 15.9 Å². The van der Waals surface area contributed by atoms with E-state index in [1.54, 1.807) is 36.4 Å². The van der Waals surface area contributed by atoms with Crippen molar-refractivity contribution in [2.45, 2.75) is 24.0 Å². The van der Waals surface area contributed by atoms with E-state index in [0.29, 0.717) is 16.9 Å². The highest BCUT2D eigenvalue weighted by atomic mass is 32.2. The third kappa shape index (κ3) is 6.20. The summed E-state index contributed by atoms with van der Waals surface area (Å²) in [6, 6.07) is 13.6. The Morgan fingerprint density at radius 1 is 0.962 bits per heavy atom. The molecule has 0 aliphatic rings. The lowest BCUT2D eigenvalue weighted by atomic mass is 10.1. The Morgan fingerprint density at radius 2 is 1.50 bits per heavy atom. The number of nitrogens with one attached hydrogen (secondary N) is 2. The van der Waals surface area contributed by atoms with Gasteiger partial charge in [0.15, 0.2) is 5.78 Å². The molecule has 8 heteroatoms. The molecule has 0 unspecified atom stereocenters. The molecule has 0 saturated heterocycles. The van der Waals surface area contributed by atoms with Crippen LogP contribution in [0.4, 0.5) is 11.4 Å². The zero-order chi connectivity index (χ0) is 19.3. The van der Waals surface area contributed by atoms with E-state index in [4.69, 9.17) is 0 Å². The molecular weight excluding hydrogens is 372 g/mol. The SMILES string of the molecule is CC(=O)Nc1ccc(S[C@H](C)C(=O)c2ccc(NS(C)(=O)=O)cc2)cc1. The molecule has 0 spiro atoms. The zero-order valence-corrected chi connectivity index (χ0v) is 16.3. The summed E-state index contributed by atoms with van der Waals surface area (Å²) in [5, 5.41) is 2.38. The average Bonchev–Trinajstić information content (AvgIpc) is 2.55. The van der Waals surface area contributed by atoms with Crippen molar-refractivity contribution < 1.29 is 18.0 Å². The Morgan fingerprint density at radius 3 is 2.00 bits per heavy atom. The predicted octanol–water partition coefficient (Wildman–Crippen LogP) is 3.38. The summed E-state index contributed by atoms with van der Waals surface area (Å²) in [5.74, 6) is -0.186. The van der Waals surface area contributed by atoms with Gasteiger partial charge >= 0.3 is 0 Å². The Balaban J connectivity index is 2.01. The fourth-order valence-electron chi connectivity index (χ4n) is 2.23. The maximum atomic E-state index is 12.5. The second-order valence-electron chi connectivity index (χ2n) is 5.78. The summed E-state index contributed by atoms with van der Waals surface area (Å²) in [4.78, 5) is 24.5. The van der Waals surface area contributed by atoms with Gasteiger partial charge in [-0.2, -0.15) is 0 Å². The van der Waals surface area contributed by atoms with E-state index >= 15 is 0 Å². The lowest BCUT2D eigenvalue weighted by Crippen LogP contribution is -2.14. The van der Waals surface area contributed by atoms with Crippen LogP contribution in [-0.2, 0) is 14.8 Å². The number of hydrogen-bond donors (Lipinski definition) is 2. The van der Waals surface area contributed by atoms with E-state index in [9.17, 15) is 18.0 Å². The summed E-state index contributed by atoms with van der Waals surface area (Å²) < 4.78 is 24.8. The molecule has 138 valence electrons. The third-order valence-corrected chi connectivity index (χ3v) is 5.05. The van der Waals surface area contributed by atoms with Crippen molar-refractivity contribution in [2.24, 2.45) is 0 Å². The van der Waals surface area contributed by atoms with Gasteiger partial charge in [-0.15, -0.1) is 11.8 Å². The van der Waals surface area contributed by atoms with Gasteiger partial charge in [-0.25, -0.2) is 8.42 Å². The molecule has 0 aromatic heterocycles. The molecule has 2 N–H and O–H groups in total. The highest BCUT2D eigenvalue weighted by molar-refractivity contribution is 8.00. The number of amides is 1. The Labute approximate surface area is 157 Å². The third-order valence-electron chi connectivity index (χ3n) is 3.33. The number of anilines is 2. The van der Waals surface area contributed by atoms with Crippen molar-refractivity contribution in [1.82, 2.24) is 0 Å². The van der Waals surface area contributed by atoms with E-state index in [1.165, 1.54) is 18.7 Å². The molecule has 1 amide bonds. The molecule has 0 radical (unpaired) electrons. The Kier molecular flexibility index (Phi) is 6.44. The summed E-state index contributed by atoms with van der Waals surface area (Å²) in [7, 11) is -3.34. The second kappa shape index (κ2) is 8.37. The number of Topliss-reactive ketones (excluding diaryl/α,β-unsaturated/α-hetero) is 1. The average molecular weight is 393 g/mol. The molecule has 0 aliphatic carbocycles. The fourth-order valence-corrected chi connectivity index (χ4v) is 3.74. The van der Waals surface area contributed by atoms with Gasteiger partial charge in [-0.3, -0.25) is 14.3 Å². The molecular formula is C18H20N2O4S2. The summed E-state index contributed by atoms with van der Waals surface area (Å²) in [5.41, 5.74) is 1.63. The van der Waals surface area contributed by atoms with Crippen molar-refractivity contribution in [1.29, 1.82) is 0 Å². The summed E-state index contributed by atoms with van der Waals surface area (Å²) in [6.45, 7) is 3.26. The molecule has 26 heavy (non-hydrogen) atoms. The van der Waals surface area contributed by atoms with Crippen LogP contribution in [0.15, 0.2) is 53.4 Å². The number of carbonyl (C=O) groups is 2. The number of ketones is 1. The molecule has 2 aromatic carbocycles. The Bertz CT molecular complexity index is 892. The van der Waals surface area contributed by atoms with Crippen LogP contribution < -0.4 is 10.0 Å². The standard InChI is InChI=1S/C18H20N2O4S2/c1-12(25-17-10-8-15(9-11-17)19-13(2)21)18(22)14-4-6-16(7-5-14)20-26(3,23)24/h4-12,20H,1-3H3,(H,19,21)/t12-/m1/s1. The van der Waals surface area contributed by atoms with Crippen LogP contribution in [0.1, 0.15) is 24.2 Å². The molecule has 6 nitrogen and oxygen atoms in total. The van der Waals surface area contributed by atoms with Gasteiger partial charge in [-0.1, -0.05) is 0 Å². The molecule has 0 saturated carbocycles. The van der Waals surface area contributed by atoms with Crippen LogP contribution in [-0.4, -0.2) is 31.6 Å². The fraction of sp³-hybridized carbons (Fsp3) is 0.222. The monoisotopic (exact) mass is 392 g/mol. The number of benzene rings is 2. The van der Waals surface area contributed by atoms with Crippen molar-refractivity contribution in [2.75, 3.05) is 16.3 Å². The number of carbonyl (C=O) groups excluding carboxylic acids is 2. The van der Waals surface area contributed by atoms with E-state index in [2.05, 4.69) is 10.0 Å². The van der Waals surface area contributed by atoms with Crippen molar-refractivity contribution in [3.63, 3.8) is 0 Å². The van der Waals surface area contributed by atoms with E-state index < -0.39 is 10.0 Å². The number of thioether (sulfide) groups is 1. The van der Waals surface area contributed by atoms with Gasteiger partial charge in [0.05, 0.1) is 11.5 Å². The van der Waals surface area contributed by atoms with Crippen LogP contribution in [0.5, 0.6) is 0 Å². The largest absolute Gasteiger partial charge is 0.326 e. The first-order valence-corrected chi connectivity index (χ1v) is 10.6. The van der Waals surface area contributed by atoms with Crippen LogP contribution >= 0.6 is 11.8 Å². The van der Waals surface area contributed by atoms with Crippen molar-refractivity contribution in [3.05, 3.63) is 54.1 Å². The first kappa shape index (κ1) is 20.0. The van der Waals surface area contributed by atoms with Crippen LogP contribution in [0.3, 0.4) is 0 Å². The maximum absolute atomic E-state index is 12.5. The molecule has 2 aromatic rings. The zero-order valence-electron chi connectivity index (χ0n) is 14.6. The van der Waals surface area contributed by atoms with E-state index in [0.717, 1.165) is 11.2 Å². The minimum absolute atomic E-state index is 0.0492. The lowest BCUT2D eigenvalue weighted by Gasteiger charge is -2.12. The maximum Gasteiger partial charge on any atom is 0.229 e. The van der Waals surface area contributed by atoms with E-state index in [1.807, 2.05) is 19.1 Å². The molecule has 0 aliphatic heterocycles. The van der Waals surface area contributed by atoms with Gasteiger partial charge in [-0.05, 0) is 55.5 Å². The van der Waals surface area contributed by atoms with Crippen molar-refractivity contribution >= 4 is 44.9 Å². The Hall–Kier alpha value is -2.32. The number of hydrogen-bond acceptors (Lipinski definition) is 5. The predicted molar refractivity (Wildman–Crippen MR) is 105 cm³/mol. The number of rotatable bonds is 7. The normalized spacial score (nSPS) is 12.3. The number of sulfonamides is 1. The van der Waals surface area contributed by atoms with Gasteiger partial charge in [0, 0.05) is 28.8 Å². The molecule has 0 bridgehead atoms. The lowest BCUT2D eigenvalue weighted by molar-refractivity contribution is -0.114. The molecule has 1 atom stereocenters. The van der Waals surface area contributed by atoms with Crippen LogP contribution in [0, 0.1) is 0 Å². The van der Waals surface area contributed by atoms with Gasteiger partial charge < -0.3 is 5.32 Å². The van der Waals surface area contributed by atoms with E-state index in [-0.39, 0.29) is 16.9 Å². The smallest absolute Gasteiger partial charge is 0.229 e. The highest BCUT2D eigenvalue weighted by Gasteiger charge is 2.16. The molecule has 0 heterocycles. The quantitative estimate of drug-likeness (QED) is 0.557. The first-order valence-electron chi connectivity index (χ1n) is 7.80. The topological polar surface area (TPSA) is 92.3 Å². The minimum atomic E-state index is -3.34. The van der Waals surface area contributed by atoms with Gasteiger partial charge in [0.25, 0.3) is 0 Å². The van der Waals surface area contributed by atoms with Crippen LogP contribution in [0.2, 0.25) is 0 Å². The van der Waals surface area contributed by atoms with Gasteiger partial charge in [0.1, 0.15) is 0 Å². The summed E-state index contributed by atoms with van der Waals surface area (Å²) in [6.07, 6.45) is 1.07.